The van der Waals surface area contributed by atoms with Crippen LogP contribution in [0.4, 0.5) is 5.69 Å². The van der Waals surface area contributed by atoms with Crippen molar-refractivity contribution in [1.29, 1.82) is 0 Å². The number of anilines is 1. The molecule has 1 heterocycles. The number of nitrogens with one attached hydrogen (secondary N) is 1. The van der Waals surface area contributed by atoms with E-state index >= 15 is 0 Å². The van der Waals surface area contributed by atoms with Crippen LogP contribution in [0, 0.1) is 0 Å². The predicted molar refractivity (Wildman–Crippen MR) is 68.4 cm³/mol. The molecular formula is C12H12N4O4. The first-order valence-corrected chi connectivity index (χ1v) is 5.69. The van der Waals surface area contributed by atoms with Crippen molar-refractivity contribution in [2.24, 2.45) is 0 Å². The molecule has 0 saturated heterocycles. The summed E-state index contributed by atoms with van der Waals surface area (Å²) in [4.78, 5) is 21.8. The number of nitrogens with zero attached hydrogens (tertiary/aromatic N) is 3. The second kappa shape index (κ2) is 6.43. The lowest BCUT2D eigenvalue weighted by molar-refractivity contribution is -0.143. The Bertz CT molecular complexity index is 597. The summed E-state index contributed by atoms with van der Waals surface area (Å²) >= 11 is 0. The van der Waals surface area contributed by atoms with Gasteiger partial charge >= 0.3 is 5.97 Å². The van der Waals surface area contributed by atoms with E-state index in [0.717, 1.165) is 5.69 Å². The smallest absolute Gasteiger partial charge is 0.329 e. The normalized spacial score (nSPS) is 10.2. The van der Waals surface area contributed by atoms with Crippen molar-refractivity contribution in [1.82, 2.24) is 14.8 Å². The van der Waals surface area contributed by atoms with Gasteiger partial charge in [-0.1, -0.05) is 6.07 Å². The van der Waals surface area contributed by atoms with E-state index < -0.39 is 18.5 Å². The van der Waals surface area contributed by atoms with Gasteiger partial charge in [0.05, 0.1) is 5.69 Å². The highest BCUT2D eigenvalue weighted by molar-refractivity contribution is 5.92. The predicted octanol–water partition coefficient (Wildman–Crippen LogP) is 0.307. The van der Waals surface area contributed by atoms with Gasteiger partial charge < -0.3 is 15.2 Å². The van der Waals surface area contributed by atoms with E-state index in [-0.39, 0.29) is 6.61 Å². The van der Waals surface area contributed by atoms with Gasteiger partial charge in [0.25, 0.3) is 0 Å². The van der Waals surface area contributed by atoms with Gasteiger partial charge in [0.1, 0.15) is 25.9 Å². The van der Waals surface area contributed by atoms with E-state index in [4.69, 9.17) is 9.84 Å². The molecule has 0 saturated carbocycles. The van der Waals surface area contributed by atoms with Crippen LogP contribution >= 0.6 is 0 Å². The van der Waals surface area contributed by atoms with Crippen molar-refractivity contribution in [3.8, 4) is 5.69 Å². The maximum atomic E-state index is 11.5. The van der Waals surface area contributed by atoms with Crippen molar-refractivity contribution < 1.29 is 19.4 Å². The number of ether oxygens (including phenoxy) is 1. The summed E-state index contributed by atoms with van der Waals surface area (Å²) in [5, 5.41) is 18.4. The van der Waals surface area contributed by atoms with Gasteiger partial charge in [0.2, 0.25) is 5.91 Å². The number of amides is 1. The van der Waals surface area contributed by atoms with Crippen LogP contribution in [0.15, 0.2) is 36.9 Å². The number of aliphatic carboxylic acids is 1. The van der Waals surface area contributed by atoms with Crippen LogP contribution < -0.4 is 5.32 Å². The fourth-order valence-electron chi connectivity index (χ4n) is 1.51. The van der Waals surface area contributed by atoms with Gasteiger partial charge in [-0.2, -0.15) is 0 Å². The molecule has 0 bridgehead atoms. The molecule has 1 amide bonds. The number of aromatic nitrogens is 3. The Balaban J connectivity index is 1.94. The molecule has 0 aliphatic carbocycles. The van der Waals surface area contributed by atoms with Crippen molar-refractivity contribution in [2.45, 2.75) is 0 Å². The highest BCUT2D eigenvalue weighted by Crippen LogP contribution is 2.13. The Morgan fingerprint density at radius 3 is 2.70 bits per heavy atom. The fourth-order valence-corrected chi connectivity index (χ4v) is 1.51. The number of carboxylic acid groups (broad SMARTS) is 1. The summed E-state index contributed by atoms with van der Waals surface area (Å²) in [5.41, 5.74) is 1.36. The number of carbonyl (C=O) groups is 2. The van der Waals surface area contributed by atoms with Gasteiger partial charge in [0.15, 0.2) is 0 Å². The molecule has 0 aliphatic heterocycles. The second-order valence-corrected chi connectivity index (χ2v) is 3.85. The van der Waals surface area contributed by atoms with Gasteiger partial charge in [0, 0.05) is 5.69 Å². The topological polar surface area (TPSA) is 106 Å². The summed E-state index contributed by atoms with van der Waals surface area (Å²) in [7, 11) is 0. The molecule has 0 atom stereocenters. The van der Waals surface area contributed by atoms with E-state index in [1.165, 1.54) is 12.7 Å². The molecular weight excluding hydrogens is 264 g/mol. The number of hydrogen-bond acceptors (Lipinski definition) is 5. The zero-order valence-electron chi connectivity index (χ0n) is 10.4. The van der Waals surface area contributed by atoms with Crippen LogP contribution in [-0.4, -0.2) is 45.0 Å². The van der Waals surface area contributed by atoms with Crippen molar-refractivity contribution in [3.63, 3.8) is 0 Å². The Hall–Kier alpha value is -2.74. The molecule has 1 aromatic heterocycles. The SMILES string of the molecule is O=C(O)COCC(=O)Nc1cccc(-n2cnnc2)c1. The number of hydrogen-bond donors (Lipinski definition) is 2. The molecule has 1 aromatic carbocycles. The molecule has 20 heavy (non-hydrogen) atoms. The third kappa shape index (κ3) is 3.89. The summed E-state index contributed by atoms with van der Waals surface area (Å²) in [5.74, 6) is -1.54. The van der Waals surface area contributed by atoms with Crippen LogP contribution in [0.5, 0.6) is 0 Å². The molecule has 0 unspecified atom stereocenters. The molecule has 0 radical (unpaired) electrons. The Morgan fingerprint density at radius 2 is 2.00 bits per heavy atom. The zero-order valence-corrected chi connectivity index (χ0v) is 10.4. The van der Waals surface area contributed by atoms with Crippen molar-refractivity contribution in [2.75, 3.05) is 18.5 Å². The number of carbonyl (C=O) groups excluding carboxylic acids is 1. The Kier molecular flexibility index (Phi) is 4.40. The average molecular weight is 276 g/mol. The number of benzene rings is 1. The van der Waals surface area contributed by atoms with Crippen molar-refractivity contribution in [3.05, 3.63) is 36.9 Å². The molecule has 104 valence electrons. The van der Waals surface area contributed by atoms with Gasteiger partial charge in [-0.15, -0.1) is 10.2 Å². The summed E-state index contributed by atoms with van der Waals surface area (Å²) in [6, 6.07) is 7.05. The third-order valence-electron chi connectivity index (χ3n) is 2.31. The first kappa shape index (κ1) is 13.7. The fraction of sp³-hybridized carbons (Fsp3) is 0.167. The standard InChI is InChI=1S/C12H12N4O4/c17-11(5-20-6-12(18)19)15-9-2-1-3-10(4-9)16-7-13-14-8-16/h1-4,7-8H,5-6H2,(H,15,17)(H,18,19). The maximum absolute atomic E-state index is 11.5. The van der Waals surface area contributed by atoms with E-state index in [9.17, 15) is 9.59 Å². The highest BCUT2D eigenvalue weighted by atomic mass is 16.5. The van der Waals surface area contributed by atoms with Crippen LogP contribution in [0.2, 0.25) is 0 Å². The molecule has 2 N–H and O–H groups in total. The quantitative estimate of drug-likeness (QED) is 0.786. The van der Waals surface area contributed by atoms with Crippen LogP contribution in [-0.2, 0) is 14.3 Å². The Labute approximate surface area is 114 Å². The number of rotatable bonds is 6. The second-order valence-electron chi connectivity index (χ2n) is 3.85. The van der Waals surface area contributed by atoms with Crippen molar-refractivity contribution >= 4 is 17.6 Å². The van der Waals surface area contributed by atoms with Crippen LogP contribution in [0.25, 0.3) is 5.69 Å². The molecule has 0 spiro atoms. The minimum absolute atomic E-state index is 0.316. The van der Waals surface area contributed by atoms with Gasteiger partial charge in [-0.05, 0) is 18.2 Å². The first-order chi connectivity index (χ1) is 9.65. The lowest BCUT2D eigenvalue weighted by Crippen LogP contribution is -2.20. The van der Waals surface area contributed by atoms with E-state index in [2.05, 4.69) is 15.5 Å². The monoisotopic (exact) mass is 276 g/mol. The molecule has 0 fully saturated rings. The van der Waals surface area contributed by atoms with E-state index in [0.29, 0.717) is 5.69 Å². The molecule has 2 rings (SSSR count). The van der Waals surface area contributed by atoms with Crippen LogP contribution in [0.3, 0.4) is 0 Å². The third-order valence-corrected chi connectivity index (χ3v) is 2.31. The molecule has 0 aliphatic rings. The van der Waals surface area contributed by atoms with E-state index in [1.54, 1.807) is 22.8 Å². The van der Waals surface area contributed by atoms with E-state index in [1.807, 2.05) is 6.07 Å². The first-order valence-electron chi connectivity index (χ1n) is 5.69. The molecule has 2 aromatic rings. The Morgan fingerprint density at radius 1 is 1.25 bits per heavy atom. The lowest BCUT2D eigenvalue weighted by atomic mass is 10.2. The zero-order chi connectivity index (χ0) is 14.4. The summed E-state index contributed by atoms with van der Waals surface area (Å²) < 4.78 is 6.39. The number of carboxylic acids is 1. The van der Waals surface area contributed by atoms with Gasteiger partial charge in [-0.3, -0.25) is 9.36 Å². The average Bonchev–Trinajstić information content (AvgIpc) is 2.92. The van der Waals surface area contributed by atoms with Gasteiger partial charge in [-0.25, -0.2) is 4.79 Å². The highest BCUT2D eigenvalue weighted by Gasteiger charge is 2.05. The largest absolute Gasteiger partial charge is 0.480 e. The molecule has 8 heteroatoms. The lowest BCUT2D eigenvalue weighted by Gasteiger charge is -2.07. The minimum atomic E-state index is -1.12. The summed E-state index contributed by atoms with van der Waals surface area (Å²) in [6.45, 7) is -0.822. The maximum Gasteiger partial charge on any atom is 0.329 e. The van der Waals surface area contributed by atoms with Crippen LogP contribution in [0.1, 0.15) is 0 Å². The molecule has 8 nitrogen and oxygen atoms in total. The summed E-state index contributed by atoms with van der Waals surface area (Å²) in [6.07, 6.45) is 3.08. The minimum Gasteiger partial charge on any atom is -0.480 e.